The third kappa shape index (κ3) is 3.70. The molecular weight excluding hydrogens is 194 g/mol. The van der Waals surface area contributed by atoms with E-state index in [9.17, 15) is 0 Å². The smallest absolute Gasteiger partial charge is 0.0697 e. The van der Waals surface area contributed by atoms with Gasteiger partial charge in [-0.05, 0) is 26.0 Å². The number of nitrogens with zero attached hydrogens (tertiary/aromatic N) is 1. The third-order valence-corrected chi connectivity index (χ3v) is 2.08. The molecule has 0 fully saturated rings. The predicted molar refractivity (Wildman–Crippen MR) is 73.3 cm³/mol. The van der Waals surface area contributed by atoms with E-state index < -0.39 is 0 Å². The molecule has 0 radical (unpaired) electrons. The summed E-state index contributed by atoms with van der Waals surface area (Å²) in [6.07, 6.45) is 9.65. The molecule has 1 nitrogen and oxygen atoms in total. The van der Waals surface area contributed by atoms with Crippen LogP contribution in [0.2, 0.25) is 0 Å². The van der Waals surface area contributed by atoms with Crippen LogP contribution in [0.1, 0.15) is 19.4 Å². The van der Waals surface area contributed by atoms with E-state index in [1.807, 2.05) is 43.5 Å². The molecule has 0 bridgehead atoms. The van der Waals surface area contributed by atoms with Crippen LogP contribution >= 0.6 is 0 Å². The number of allylic oxidation sites excluding steroid dienone is 4. The Labute approximate surface area is 97.5 Å². The number of rotatable bonds is 4. The van der Waals surface area contributed by atoms with Gasteiger partial charge in [0.2, 0.25) is 0 Å². The van der Waals surface area contributed by atoms with Crippen molar-refractivity contribution in [1.29, 1.82) is 0 Å². The average molecular weight is 211 g/mol. The molecule has 0 aromatic heterocycles. The molecule has 0 aliphatic heterocycles. The van der Waals surface area contributed by atoms with Crippen molar-refractivity contribution in [2.45, 2.75) is 13.8 Å². The molecule has 0 saturated carbocycles. The summed E-state index contributed by atoms with van der Waals surface area (Å²) in [6, 6.07) is 8.09. The fraction of sp³-hybridized carbons (Fsp3) is 0.133. The Hall–Kier alpha value is -1.89. The zero-order valence-corrected chi connectivity index (χ0v) is 9.85. The Balaban J connectivity index is 3.04. The van der Waals surface area contributed by atoms with E-state index in [1.54, 1.807) is 6.08 Å². The molecule has 0 saturated heterocycles. The molecule has 0 atom stereocenters. The lowest BCUT2D eigenvalue weighted by molar-refractivity contribution is 1.48. The molecule has 16 heavy (non-hydrogen) atoms. The van der Waals surface area contributed by atoms with Crippen molar-refractivity contribution in [3.05, 3.63) is 60.2 Å². The Bertz CT molecular complexity index is 437. The highest BCUT2D eigenvalue weighted by Crippen LogP contribution is 2.21. The highest BCUT2D eigenvalue weighted by molar-refractivity contribution is 5.71. The maximum absolute atomic E-state index is 4.33. The van der Waals surface area contributed by atoms with Crippen LogP contribution in [0.15, 0.2) is 59.6 Å². The molecule has 0 amide bonds. The molecule has 0 aliphatic carbocycles. The van der Waals surface area contributed by atoms with Crippen LogP contribution in [0, 0.1) is 0 Å². The molecule has 1 aromatic carbocycles. The molecule has 0 spiro atoms. The fourth-order valence-electron chi connectivity index (χ4n) is 1.38. The van der Waals surface area contributed by atoms with Gasteiger partial charge < -0.3 is 0 Å². The molecule has 0 aliphatic rings. The molecular formula is C15H17N. The summed E-state index contributed by atoms with van der Waals surface area (Å²) in [5.74, 6) is 0. The first kappa shape index (κ1) is 12.2. The summed E-state index contributed by atoms with van der Waals surface area (Å²) >= 11 is 0. The van der Waals surface area contributed by atoms with Crippen LogP contribution in [0.3, 0.4) is 0 Å². The van der Waals surface area contributed by atoms with Gasteiger partial charge in [0.15, 0.2) is 0 Å². The highest BCUT2D eigenvalue weighted by atomic mass is 14.7. The van der Waals surface area contributed by atoms with Crippen molar-refractivity contribution in [3.63, 3.8) is 0 Å². The number of benzene rings is 1. The van der Waals surface area contributed by atoms with Crippen molar-refractivity contribution >= 4 is 18.0 Å². The summed E-state index contributed by atoms with van der Waals surface area (Å²) in [7, 11) is 0. The van der Waals surface area contributed by atoms with Gasteiger partial charge in [-0.3, -0.25) is 4.99 Å². The molecule has 1 heteroatoms. The van der Waals surface area contributed by atoms with E-state index in [0.29, 0.717) is 0 Å². The van der Waals surface area contributed by atoms with Gasteiger partial charge in [0.05, 0.1) is 5.69 Å². The van der Waals surface area contributed by atoms with Crippen LogP contribution < -0.4 is 0 Å². The van der Waals surface area contributed by atoms with Crippen LogP contribution in [0.4, 0.5) is 5.69 Å². The van der Waals surface area contributed by atoms with Crippen molar-refractivity contribution in [2.24, 2.45) is 4.99 Å². The van der Waals surface area contributed by atoms with Gasteiger partial charge >= 0.3 is 0 Å². The second kappa shape index (κ2) is 6.57. The first-order chi connectivity index (χ1) is 7.77. The number of hydrogen-bond donors (Lipinski definition) is 0. The van der Waals surface area contributed by atoms with Gasteiger partial charge in [-0.2, -0.15) is 0 Å². The first-order valence-corrected chi connectivity index (χ1v) is 5.33. The largest absolute Gasteiger partial charge is 0.261 e. The topological polar surface area (TPSA) is 12.4 Å². The zero-order valence-electron chi connectivity index (χ0n) is 9.85. The second-order valence-electron chi connectivity index (χ2n) is 3.43. The van der Waals surface area contributed by atoms with Crippen LogP contribution in [-0.4, -0.2) is 6.21 Å². The SMILES string of the molecule is C=C/C=C\C(C)=C\c1ccccc1/N=C/C. The van der Waals surface area contributed by atoms with E-state index >= 15 is 0 Å². The number of aliphatic imine (C=N–C) groups is 1. The molecule has 0 N–H and O–H groups in total. The third-order valence-electron chi connectivity index (χ3n) is 2.08. The zero-order chi connectivity index (χ0) is 11.8. The maximum Gasteiger partial charge on any atom is 0.0697 e. The first-order valence-electron chi connectivity index (χ1n) is 5.33. The van der Waals surface area contributed by atoms with Gasteiger partial charge in [-0.15, -0.1) is 0 Å². The summed E-state index contributed by atoms with van der Waals surface area (Å²) in [5, 5.41) is 0. The van der Waals surface area contributed by atoms with Crippen LogP contribution in [-0.2, 0) is 0 Å². The molecule has 0 unspecified atom stereocenters. The maximum atomic E-state index is 4.33. The van der Waals surface area contributed by atoms with Crippen molar-refractivity contribution < 1.29 is 0 Å². The average Bonchev–Trinajstić information content (AvgIpc) is 2.29. The van der Waals surface area contributed by atoms with E-state index in [1.165, 1.54) is 5.57 Å². The molecule has 82 valence electrons. The van der Waals surface area contributed by atoms with E-state index in [0.717, 1.165) is 11.3 Å². The van der Waals surface area contributed by atoms with Gasteiger partial charge in [0.25, 0.3) is 0 Å². The Morgan fingerprint density at radius 1 is 1.31 bits per heavy atom. The minimum Gasteiger partial charge on any atom is -0.261 e. The Kier molecular flexibility index (Phi) is 5.00. The van der Waals surface area contributed by atoms with Crippen LogP contribution in [0.25, 0.3) is 6.08 Å². The second-order valence-corrected chi connectivity index (χ2v) is 3.43. The molecule has 1 aromatic rings. The van der Waals surface area contributed by atoms with Crippen molar-refractivity contribution in [3.8, 4) is 0 Å². The Morgan fingerprint density at radius 3 is 2.75 bits per heavy atom. The summed E-state index contributed by atoms with van der Waals surface area (Å²) in [5.41, 5.74) is 3.31. The monoisotopic (exact) mass is 211 g/mol. The van der Waals surface area contributed by atoms with E-state index in [2.05, 4.69) is 30.6 Å². The lowest BCUT2D eigenvalue weighted by Crippen LogP contribution is -1.76. The van der Waals surface area contributed by atoms with Crippen LogP contribution in [0.5, 0.6) is 0 Å². The van der Waals surface area contributed by atoms with Crippen molar-refractivity contribution in [2.75, 3.05) is 0 Å². The number of hydrogen-bond acceptors (Lipinski definition) is 1. The quantitative estimate of drug-likeness (QED) is 0.511. The fourth-order valence-corrected chi connectivity index (χ4v) is 1.38. The minimum atomic E-state index is 0.997. The van der Waals surface area contributed by atoms with Gasteiger partial charge in [-0.1, -0.05) is 48.6 Å². The van der Waals surface area contributed by atoms with Gasteiger partial charge in [0.1, 0.15) is 0 Å². The minimum absolute atomic E-state index is 0.997. The normalized spacial score (nSPS) is 12.5. The number of para-hydroxylation sites is 1. The lowest BCUT2D eigenvalue weighted by atomic mass is 10.1. The van der Waals surface area contributed by atoms with Gasteiger partial charge in [-0.25, -0.2) is 0 Å². The predicted octanol–water partition coefficient (Wildman–Crippen LogP) is 4.55. The summed E-state index contributed by atoms with van der Waals surface area (Å²) in [4.78, 5) is 4.33. The van der Waals surface area contributed by atoms with E-state index in [4.69, 9.17) is 0 Å². The summed E-state index contributed by atoms with van der Waals surface area (Å²) in [6.45, 7) is 7.63. The van der Waals surface area contributed by atoms with Crippen molar-refractivity contribution in [1.82, 2.24) is 0 Å². The highest BCUT2D eigenvalue weighted by Gasteiger charge is 1.95. The van der Waals surface area contributed by atoms with Gasteiger partial charge in [0, 0.05) is 11.8 Å². The molecule has 1 rings (SSSR count). The molecule has 0 heterocycles. The lowest BCUT2D eigenvalue weighted by Gasteiger charge is -2.00. The standard InChI is InChI=1S/C15H17N/c1-4-6-9-13(3)12-14-10-7-8-11-15(14)16-5-2/h4-12H,1H2,2-3H3/b9-6-,13-12+,16-5+. The Morgan fingerprint density at radius 2 is 2.06 bits per heavy atom. The van der Waals surface area contributed by atoms with E-state index in [-0.39, 0.29) is 0 Å². The summed E-state index contributed by atoms with van der Waals surface area (Å²) < 4.78 is 0.